The molecule has 0 saturated carbocycles. The molecule has 0 spiro atoms. The third-order valence-electron chi connectivity index (χ3n) is 7.96. The average Bonchev–Trinajstić information content (AvgIpc) is 3.12. The van der Waals surface area contributed by atoms with Crippen molar-refractivity contribution < 1.29 is 29.4 Å². The van der Waals surface area contributed by atoms with Crippen LogP contribution in [0, 0.1) is 0 Å². The number of hydrogen-bond acceptors (Lipinski definition) is 7. The molecule has 4 aromatic carbocycles. The van der Waals surface area contributed by atoms with E-state index >= 15 is 0 Å². The molecular formula is C37H40N2O6S. The molecule has 46 heavy (non-hydrogen) atoms. The first-order chi connectivity index (χ1) is 22.5. The fraction of sp³-hybridized carbons (Fsp3) is 0.297. The molecule has 0 radical (unpaired) electrons. The third kappa shape index (κ3) is 9.51. The zero-order valence-corrected chi connectivity index (χ0v) is 26.5. The molecular weight excluding hydrogens is 600 g/mol. The minimum atomic E-state index is -0.537. The number of ether oxygens (including phenoxy) is 2. The molecule has 8 nitrogen and oxygen atoms in total. The molecule has 1 aliphatic rings. The number of carbonyl (C=O) groups excluding carboxylic acids is 2. The SMILES string of the molecule is O=C(CCCCC(=O)NCc1ccccc1-c1ccc([C@@H]2O[C@H](CSc3ccccc3)C[C@H](c3ccc(CO)cc3)O2)cc1)NO. The van der Waals surface area contributed by atoms with Gasteiger partial charge in [0, 0.05) is 42.0 Å². The fourth-order valence-corrected chi connectivity index (χ4v) is 6.36. The van der Waals surface area contributed by atoms with E-state index in [4.69, 9.17) is 14.7 Å². The van der Waals surface area contributed by atoms with Crippen LogP contribution in [0.2, 0.25) is 0 Å². The first-order valence-electron chi connectivity index (χ1n) is 15.6. The summed E-state index contributed by atoms with van der Waals surface area (Å²) in [7, 11) is 0. The first-order valence-corrected chi connectivity index (χ1v) is 16.6. The third-order valence-corrected chi connectivity index (χ3v) is 9.11. The van der Waals surface area contributed by atoms with E-state index in [2.05, 4.69) is 29.6 Å². The van der Waals surface area contributed by atoms with E-state index in [9.17, 15) is 14.7 Å². The number of benzene rings is 4. The van der Waals surface area contributed by atoms with E-state index < -0.39 is 12.2 Å². The molecule has 1 aliphatic heterocycles. The van der Waals surface area contributed by atoms with Crippen LogP contribution >= 0.6 is 11.8 Å². The second-order valence-corrected chi connectivity index (χ2v) is 12.4. The van der Waals surface area contributed by atoms with Crippen LogP contribution in [0.5, 0.6) is 0 Å². The second-order valence-electron chi connectivity index (χ2n) is 11.3. The van der Waals surface area contributed by atoms with Gasteiger partial charge < -0.3 is 19.9 Å². The van der Waals surface area contributed by atoms with Crippen LogP contribution in [0.25, 0.3) is 11.1 Å². The van der Waals surface area contributed by atoms with Crippen molar-refractivity contribution in [3.63, 3.8) is 0 Å². The molecule has 3 atom stereocenters. The van der Waals surface area contributed by atoms with Gasteiger partial charge in [-0.05, 0) is 52.8 Å². The summed E-state index contributed by atoms with van der Waals surface area (Å²) in [5.41, 5.74) is 7.50. The van der Waals surface area contributed by atoms with Crippen molar-refractivity contribution in [3.8, 4) is 11.1 Å². The molecule has 240 valence electrons. The van der Waals surface area contributed by atoms with Crippen molar-refractivity contribution in [1.29, 1.82) is 0 Å². The van der Waals surface area contributed by atoms with Crippen LogP contribution in [0.4, 0.5) is 0 Å². The minimum Gasteiger partial charge on any atom is -0.392 e. The summed E-state index contributed by atoms with van der Waals surface area (Å²) in [5.74, 6) is 0.267. The van der Waals surface area contributed by atoms with Gasteiger partial charge in [0.25, 0.3) is 0 Å². The number of aliphatic hydroxyl groups excluding tert-OH is 1. The summed E-state index contributed by atoms with van der Waals surface area (Å²) >= 11 is 1.77. The number of hydroxylamine groups is 1. The molecule has 0 aromatic heterocycles. The highest BCUT2D eigenvalue weighted by molar-refractivity contribution is 7.99. The molecule has 9 heteroatoms. The van der Waals surface area contributed by atoms with Gasteiger partial charge in [0.05, 0.1) is 18.8 Å². The Bertz CT molecular complexity index is 1550. The van der Waals surface area contributed by atoms with Crippen molar-refractivity contribution in [1.82, 2.24) is 10.8 Å². The summed E-state index contributed by atoms with van der Waals surface area (Å²) < 4.78 is 13.1. The van der Waals surface area contributed by atoms with Crippen molar-refractivity contribution in [3.05, 3.63) is 125 Å². The van der Waals surface area contributed by atoms with Crippen LogP contribution in [0.3, 0.4) is 0 Å². The predicted molar refractivity (Wildman–Crippen MR) is 178 cm³/mol. The summed E-state index contributed by atoms with van der Waals surface area (Å²) in [6.45, 7) is 0.392. The Morgan fingerprint density at radius 1 is 0.783 bits per heavy atom. The van der Waals surface area contributed by atoms with Gasteiger partial charge in [-0.1, -0.05) is 91.0 Å². The summed E-state index contributed by atoms with van der Waals surface area (Å²) in [6, 6.07) is 34.4. The number of thioether (sulfide) groups is 1. The van der Waals surface area contributed by atoms with Crippen LogP contribution in [0.15, 0.2) is 108 Å². The highest BCUT2D eigenvalue weighted by Gasteiger charge is 2.32. The fourth-order valence-electron chi connectivity index (χ4n) is 5.41. The van der Waals surface area contributed by atoms with Gasteiger partial charge in [0.2, 0.25) is 11.8 Å². The van der Waals surface area contributed by atoms with E-state index in [1.54, 1.807) is 17.2 Å². The number of carbonyl (C=O) groups is 2. The van der Waals surface area contributed by atoms with Crippen LogP contribution < -0.4 is 10.8 Å². The Morgan fingerprint density at radius 2 is 1.46 bits per heavy atom. The van der Waals surface area contributed by atoms with E-state index in [1.807, 2.05) is 78.9 Å². The molecule has 4 N–H and O–H groups in total. The Balaban J connectivity index is 1.25. The van der Waals surface area contributed by atoms with Gasteiger partial charge in [0.15, 0.2) is 6.29 Å². The molecule has 1 heterocycles. The molecule has 1 fully saturated rings. The molecule has 0 aliphatic carbocycles. The van der Waals surface area contributed by atoms with E-state index in [-0.39, 0.29) is 31.1 Å². The normalized spacial score (nSPS) is 17.7. The number of amides is 2. The van der Waals surface area contributed by atoms with Gasteiger partial charge >= 0.3 is 0 Å². The topological polar surface area (TPSA) is 117 Å². The van der Waals surface area contributed by atoms with Crippen molar-refractivity contribution in [2.45, 2.75) is 68.6 Å². The lowest BCUT2D eigenvalue weighted by Gasteiger charge is -2.36. The maximum atomic E-state index is 12.4. The van der Waals surface area contributed by atoms with E-state index in [1.165, 1.54) is 4.90 Å². The average molecular weight is 641 g/mol. The molecule has 4 aromatic rings. The van der Waals surface area contributed by atoms with Crippen LogP contribution in [-0.2, 0) is 32.2 Å². The minimum absolute atomic E-state index is 0.00310. The van der Waals surface area contributed by atoms with Gasteiger partial charge in [-0.3, -0.25) is 14.8 Å². The molecule has 5 rings (SSSR count). The lowest BCUT2D eigenvalue weighted by molar-refractivity contribution is -0.245. The van der Waals surface area contributed by atoms with Gasteiger partial charge in [-0.25, -0.2) is 5.48 Å². The monoisotopic (exact) mass is 640 g/mol. The van der Waals surface area contributed by atoms with E-state index in [0.717, 1.165) is 45.6 Å². The van der Waals surface area contributed by atoms with Crippen LogP contribution in [0.1, 0.15) is 66.8 Å². The van der Waals surface area contributed by atoms with Crippen LogP contribution in [-0.4, -0.2) is 34.0 Å². The maximum Gasteiger partial charge on any atom is 0.243 e. The number of hydrogen-bond donors (Lipinski definition) is 4. The number of nitrogens with one attached hydrogen (secondary N) is 2. The smallest absolute Gasteiger partial charge is 0.243 e. The Hall–Kier alpha value is -3.99. The van der Waals surface area contributed by atoms with E-state index in [0.29, 0.717) is 25.8 Å². The quantitative estimate of drug-likeness (QED) is 0.0515. The number of unbranched alkanes of at least 4 members (excludes halogenated alkanes) is 1. The van der Waals surface area contributed by atoms with Crippen molar-refractivity contribution >= 4 is 23.6 Å². The zero-order chi connectivity index (χ0) is 32.1. The molecule has 0 bridgehead atoms. The predicted octanol–water partition coefficient (Wildman–Crippen LogP) is 6.87. The van der Waals surface area contributed by atoms with Gasteiger partial charge in [-0.15, -0.1) is 11.8 Å². The number of aliphatic hydroxyl groups is 1. The lowest BCUT2D eigenvalue weighted by atomic mass is 9.97. The Kier molecular flexibility index (Phi) is 12.4. The summed E-state index contributed by atoms with van der Waals surface area (Å²) in [5, 5.41) is 21.1. The van der Waals surface area contributed by atoms with Gasteiger partial charge in [0.1, 0.15) is 0 Å². The largest absolute Gasteiger partial charge is 0.392 e. The first kappa shape index (κ1) is 33.4. The number of rotatable bonds is 14. The maximum absolute atomic E-state index is 12.4. The van der Waals surface area contributed by atoms with Crippen molar-refractivity contribution in [2.75, 3.05) is 5.75 Å². The Morgan fingerprint density at radius 3 is 2.17 bits per heavy atom. The lowest BCUT2D eigenvalue weighted by Crippen LogP contribution is -2.31. The molecule has 1 saturated heterocycles. The van der Waals surface area contributed by atoms with Crippen molar-refractivity contribution in [2.24, 2.45) is 0 Å². The summed E-state index contributed by atoms with van der Waals surface area (Å²) in [6.07, 6.45) is 1.61. The molecule has 2 amide bonds. The Labute approximate surface area is 274 Å². The second kappa shape index (κ2) is 17.1. The zero-order valence-electron chi connectivity index (χ0n) is 25.6. The molecule has 0 unspecified atom stereocenters. The summed E-state index contributed by atoms with van der Waals surface area (Å²) in [4.78, 5) is 24.8. The standard InChI is InChI=1S/C37H40N2O6S/c40-24-26-14-16-28(17-15-26)34-22-31(25-46-32-9-2-1-3-10-32)44-37(45-34)29-20-18-27(19-21-29)33-11-5-4-8-30(33)23-38-35(41)12-6-7-13-36(42)39-43/h1-5,8-11,14-21,31,34,37,40,43H,6-7,12-13,22-25H2,(H,38,41)(H,39,42)/t31-,34+,37+/m0/s1. The van der Waals surface area contributed by atoms with Gasteiger partial charge in [-0.2, -0.15) is 0 Å². The highest BCUT2D eigenvalue weighted by atomic mass is 32.2. The highest BCUT2D eigenvalue weighted by Crippen LogP contribution is 2.40.